The van der Waals surface area contributed by atoms with Gasteiger partial charge in [-0.25, -0.2) is 4.68 Å². The summed E-state index contributed by atoms with van der Waals surface area (Å²) in [6.45, 7) is 7.17. The Kier molecular flexibility index (Phi) is 6.45. The van der Waals surface area contributed by atoms with Gasteiger partial charge in [0.05, 0.1) is 33.4 Å². The van der Waals surface area contributed by atoms with Crippen LogP contribution in [0.2, 0.25) is 0 Å². The highest BCUT2D eigenvalue weighted by atomic mass is 16.5. The van der Waals surface area contributed by atoms with Gasteiger partial charge in [0, 0.05) is 6.07 Å². The van der Waals surface area contributed by atoms with Crippen molar-refractivity contribution in [2.75, 3.05) is 19.5 Å². The van der Waals surface area contributed by atoms with Crippen molar-refractivity contribution >= 4 is 11.7 Å². The lowest BCUT2D eigenvalue weighted by molar-refractivity contribution is -0.115. The lowest BCUT2D eigenvalue weighted by Crippen LogP contribution is -2.18. The van der Waals surface area contributed by atoms with Crippen molar-refractivity contribution in [1.82, 2.24) is 9.78 Å². The first-order chi connectivity index (χ1) is 14.3. The van der Waals surface area contributed by atoms with Crippen LogP contribution in [0.5, 0.6) is 11.5 Å². The van der Waals surface area contributed by atoms with Crippen molar-refractivity contribution in [1.29, 1.82) is 0 Å². The molecule has 0 atom stereocenters. The summed E-state index contributed by atoms with van der Waals surface area (Å²) in [6.07, 6.45) is 1.92. The number of nitrogens with one attached hydrogen (secondary N) is 1. The molecule has 1 heterocycles. The fraction of sp³-hybridized carbons (Fsp3) is 0.333. The Morgan fingerprint density at radius 1 is 0.967 bits per heavy atom. The molecule has 30 heavy (non-hydrogen) atoms. The number of aromatic nitrogens is 2. The number of carbonyl (C=O) groups is 1. The largest absolute Gasteiger partial charge is 0.493 e. The average molecular weight is 408 g/mol. The van der Waals surface area contributed by atoms with E-state index in [-0.39, 0.29) is 17.7 Å². The third-order valence-electron chi connectivity index (χ3n) is 4.95. The van der Waals surface area contributed by atoms with Crippen molar-refractivity contribution in [3.63, 3.8) is 0 Å². The van der Waals surface area contributed by atoms with Crippen LogP contribution in [0.3, 0.4) is 0 Å². The van der Waals surface area contributed by atoms with Gasteiger partial charge in [-0.2, -0.15) is 5.10 Å². The van der Waals surface area contributed by atoms with Crippen LogP contribution in [0.4, 0.5) is 5.82 Å². The van der Waals surface area contributed by atoms with Gasteiger partial charge in [-0.05, 0) is 34.2 Å². The number of carbonyl (C=O) groups excluding carboxylic acids is 1. The molecule has 0 aliphatic carbocycles. The molecule has 158 valence electrons. The summed E-state index contributed by atoms with van der Waals surface area (Å²) in [6, 6.07) is 15.8. The molecule has 0 saturated heterocycles. The van der Waals surface area contributed by atoms with Crippen LogP contribution in [-0.4, -0.2) is 29.9 Å². The Morgan fingerprint density at radius 3 is 2.27 bits per heavy atom. The lowest BCUT2D eigenvalue weighted by Gasteiger charge is -2.19. The monoisotopic (exact) mass is 407 g/mol. The quantitative estimate of drug-likeness (QED) is 0.629. The topological polar surface area (TPSA) is 65.4 Å². The summed E-state index contributed by atoms with van der Waals surface area (Å²) in [4.78, 5) is 12.6. The Morgan fingerprint density at radius 2 is 1.63 bits per heavy atom. The zero-order valence-electron chi connectivity index (χ0n) is 18.2. The molecule has 3 rings (SSSR count). The van der Waals surface area contributed by atoms with Crippen LogP contribution in [0.15, 0.2) is 54.7 Å². The molecule has 0 aliphatic rings. The fourth-order valence-electron chi connectivity index (χ4n) is 3.21. The number of hydrogen-bond acceptors (Lipinski definition) is 4. The van der Waals surface area contributed by atoms with Gasteiger partial charge < -0.3 is 14.8 Å². The van der Waals surface area contributed by atoms with E-state index in [9.17, 15) is 4.79 Å². The summed E-state index contributed by atoms with van der Waals surface area (Å²) in [5.41, 5.74) is 3.37. The van der Waals surface area contributed by atoms with Crippen molar-refractivity contribution < 1.29 is 14.3 Å². The maximum atomic E-state index is 12.6. The van der Waals surface area contributed by atoms with Crippen LogP contribution in [0, 0.1) is 0 Å². The molecule has 0 spiro atoms. The normalized spacial score (nSPS) is 11.2. The van der Waals surface area contributed by atoms with Gasteiger partial charge in [-0.15, -0.1) is 0 Å². The molecular weight excluding hydrogens is 378 g/mol. The summed E-state index contributed by atoms with van der Waals surface area (Å²) >= 11 is 0. The molecule has 0 unspecified atom stereocenters. The average Bonchev–Trinajstić information content (AvgIpc) is 3.13. The zero-order valence-corrected chi connectivity index (χ0v) is 18.2. The van der Waals surface area contributed by atoms with E-state index >= 15 is 0 Å². The smallest absolute Gasteiger partial charge is 0.229 e. The van der Waals surface area contributed by atoms with Gasteiger partial charge in [0.25, 0.3) is 0 Å². The Balaban J connectivity index is 1.66. The summed E-state index contributed by atoms with van der Waals surface area (Å²) in [5, 5.41) is 7.31. The van der Waals surface area contributed by atoms with Crippen LogP contribution in [0.1, 0.15) is 37.5 Å². The molecule has 1 N–H and O–H groups in total. The SMILES string of the molecule is COc1ccc(CC(=O)Nc2ccnn2Cc2ccc(C(C)(C)C)cc2)cc1OC. The molecule has 6 nitrogen and oxygen atoms in total. The Labute approximate surface area is 177 Å². The summed E-state index contributed by atoms with van der Waals surface area (Å²) < 4.78 is 12.3. The van der Waals surface area contributed by atoms with Gasteiger partial charge in [0.15, 0.2) is 11.5 Å². The number of anilines is 1. The number of methoxy groups -OCH3 is 2. The maximum Gasteiger partial charge on any atom is 0.229 e. The first kappa shape index (κ1) is 21.4. The molecule has 6 heteroatoms. The highest BCUT2D eigenvalue weighted by Crippen LogP contribution is 2.28. The van der Waals surface area contributed by atoms with Crippen LogP contribution in [-0.2, 0) is 23.2 Å². The molecule has 3 aromatic rings. The number of benzene rings is 2. The first-order valence-electron chi connectivity index (χ1n) is 9.92. The molecule has 1 amide bonds. The third-order valence-corrected chi connectivity index (χ3v) is 4.95. The molecule has 1 aromatic heterocycles. The van der Waals surface area contributed by atoms with E-state index in [4.69, 9.17) is 9.47 Å². The number of rotatable bonds is 7. The predicted molar refractivity (Wildman–Crippen MR) is 118 cm³/mol. The highest BCUT2D eigenvalue weighted by molar-refractivity contribution is 5.91. The highest BCUT2D eigenvalue weighted by Gasteiger charge is 2.14. The van der Waals surface area contributed by atoms with Crippen LogP contribution in [0.25, 0.3) is 0 Å². The number of hydrogen-bond donors (Lipinski definition) is 1. The third kappa shape index (κ3) is 5.20. The van der Waals surface area contributed by atoms with E-state index in [1.165, 1.54) is 5.56 Å². The van der Waals surface area contributed by atoms with Crippen molar-refractivity contribution in [2.24, 2.45) is 0 Å². The van der Waals surface area contributed by atoms with Gasteiger partial charge in [0.1, 0.15) is 5.82 Å². The predicted octanol–water partition coefficient (Wildman–Crippen LogP) is 4.43. The van der Waals surface area contributed by atoms with Gasteiger partial charge >= 0.3 is 0 Å². The van der Waals surface area contributed by atoms with E-state index in [1.807, 2.05) is 12.1 Å². The van der Waals surface area contributed by atoms with Gasteiger partial charge in [-0.1, -0.05) is 51.1 Å². The van der Waals surface area contributed by atoms with E-state index in [0.717, 1.165) is 11.1 Å². The van der Waals surface area contributed by atoms with Crippen molar-refractivity contribution in [3.05, 3.63) is 71.4 Å². The van der Waals surface area contributed by atoms with Crippen molar-refractivity contribution in [2.45, 2.75) is 39.2 Å². The maximum absolute atomic E-state index is 12.6. The Hall–Kier alpha value is -3.28. The molecule has 0 fully saturated rings. The van der Waals surface area contributed by atoms with E-state index in [0.29, 0.717) is 23.9 Å². The number of amides is 1. The second-order valence-corrected chi connectivity index (χ2v) is 8.24. The van der Waals surface area contributed by atoms with Crippen LogP contribution < -0.4 is 14.8 Å². The minimum atomic E-state index is -0.118. The first-order valence-corrected chi connectivity index (χ1v) is 9.92. The Bertz CT molecular complexity index is 1000. The molecular formula is C24H29N3O3. The zero-order chi connectivity index (χ0) is 21.7. The van der Waals surface area contributed by atoms with E-state index in [1.54, 1.807) is 37.2 Å². The molecule has 0 saturated carbocycles. The minimum Gasteiger partial charge on any atom is -0.493 e. The second kappa shape index (κ2) is 9.03. The number of ether oxygens (including phenoxy) is 2. The lowest BCUT2D eigenvalue weighted by atomic mass is 9.87. The fourth-order valence-corrected chi connectivity index (χ4v) is 3.21. The van der Waals surface area contributed by atoms with E-state index < -0.39 is 0 Å². The van der Waals surface area contributed by atoms with E-state index in [2.05, 4.69) is 55.5 Å². The minimum absolute atomic E-state index is 0.118. The van der Waals surface area contributed by atoms with Crippen LogP contribution >= 0.6 is 0 Å². The van der Waals surface area contributed by atoms with Gasteiger partial charge in [0.2, 0.25) is 5.91 Å². The number of nitrogens with zero attached hydrogens (tertiary/aromatic N) is 2. The molecule has 0 radical (unpaired) electrons. The van der Waals surface area contributed by atoms with Gasteiger partial charge in [-0.3, -0.25) is 4.79 Å². The molecule has 0 bridgehead atoms. The second-order valence-electron chi connectivity index (χ2n) is 8.24. The standard InChI is InChI=1S/C24H29N3O3/c1-24(2,3)19-9-6-17(7-10-19)16-27-22(12-13-25-27)26-23(28)15-18-8-11-20(29-4)21(14-18)30-5/h6-14H,15-16H2,1-5H3,(H,26,28). The van der Waals surface area contributed by atoms with Crippen molar-refractivity contribution in [3.8, 4) is 11.5 Å². The summed E-state index contributed by atoms with van der Waals surface area (Å²) in [5.74, 6) is 1.79. The molecule has 0 aliphatic heterocycles. The molecule has 2 aromatic carbocycles. The summed E-state index contributed by atoms with van der Waals surface area (Å²) in [7, 11) is 3.16.